The van der Waals surface area contributed by atoms with Crippen molar-refractivity contribution in [1.29, 1.82) is 0 Å². The van der Waals surface area contributed by atoms with E-state index in [4.69, 9.17) is 9.72 Å². The van der Waals surface area contributed by atoms with Gasteiger partial charge in [-0.25, -0.2) is 13.8 Å². The van der Waals surface area contributed by atoms with Crippen molar-refractivity contribution in [1.82, 2.24) is 9.55 Å². The summed E-state index contributed by atoms with van der Waals surface area (Å²) in [5, 5.41) is 2.19. The molecule has 1 aliphatic rings. The van der Waals surface area contributed by atoms with Crippen LogP contribution in [0.4, 0.5) is 31.5 Å². The van der Waals surface area contributed by atoms with Gasteiger partial charge < -0.3 is 19.1 Å². The maximum Gasteiger partial charge on any atom is 0.135 e. The van der Waals surface area contributed by atoms with E-state index in [9.17, 15) is 0 Å². The molecule has 5 nitrogen and oxygen atoms in total. The smallest absolute Gasteiger partial charge is 0.135 e. The third kappa shape index (κ3) is 8.76. The molecule has 0 saturated heterocycles. The fourth-order valence-electron chi connectivity index (χ4n) is 10.0. The van der Waals surface area contributed by atoms with Gasteiger partial charge in [0.05, 0.1) is 5.56 Å². The van der Waals surface area contributed by atoms with Crippen LogP contribution in [0.15, 0.2) is 140 Å². The molecule has 2 aromatic heterocycles. The standard InChI is InChI=1S/C61H55F2N4O.Pt/c1-8-17-40-28-29-64-58(30-40)67-54-23-12-11-20-48(54)49-27-26-46(36-57(49)67)68-47-32-43(59-41(9-2)18-15-19-42(59)10-3)31-45(35-47)65-37-66(56-25-14-13-24-55(56)65)61-50(38(4)5)33-44(34-51(61)39(6)7)60-52(62)21-16-22-53(60)63;/h11-16,18-34,37-39H,8-10,17H2,1-7H3;/q-3;. The molecule has 8 heteroatoms. The zero-order valence-electron chi connectivity index (χ0n) is 40.1. The number of benzene rings is 7. The molecule has 3 heterocycles. The Balaban J connectivity index is 0.00000593. The number of fused-ring (bicyclic) bond motifs is 4. The first-order valence-corrected chi connectivity index (χ1v) is 24.0. The second-order valence-electron chi connectivity index (χ2n) is 18.3. The number of ether oxygens (including phenoxy) is 1. The second-order valence-corrected chi connectivity index (χ2v) is 18.3. The van der Waals surface area contributed by atoms with Gasteiger partial charge in [0.1, 0.15) is 17.5 Å². The molecule has 1 aliphatic heterocycles. The van der Waals surface area contributed by atoms with Crippen LogP contribution in [0.25, 0.3) is 49.9 Å². The normalized spacial score (nSPS) is 12.4. The molecular weight excluding hydrogens is 1040 g/mol. The van der Waals surface area contributed by atoms with E-state index < -0.39 is 11.6 Å². The summed E-state index contributed by atoms with van der Waals surface area (Å²) in [7, 11) is 0. The summed E-state index contributed by atoms with van der Waals surface area (Å²) in [6.45, 7) is 17.3. The quantitative estimate of drug-likeness (QED) is 0.108. The number of hydrogen-bond acceptors (Lipinski definition) is 4. The maximum absolute atomic E-state index is 15.4. The summed E-state index contributed by atoms with van der Waals surface area (Å²) in [6.07, 6.45) is 5.64. The average Bonchev–Trinajstić information content (AvgIpc) is 3.89. The fraction of sp³-hybridized carbons (Fsp3) is 0.213. The van der Waals surface area contributed by atoms with Crippen LogP contribution in [-0.4, -0.2) is 9.55 Å². The molecule has 352 valence electrons. The topological polar surface area (TPSA) is 33.5 Å². The van der Waals surface area contributed by atoms with E-state index in [1.165, 1.54) is 40.5 Å². The molecule has 0 amide bonds. The number of anilines is 4. The van der Waals surface area contributed by atoms with Gasteiger partial charge in [0.25, 0.3) is 0 Å². The molecule has 69 heavy (non-hydrogen) atoms. The molecule has 0 atom stereocenters. The molecule has 0 radical (unpaired) electrons. The van der Waals surface area contributed by atoms with Gasteiger partial charge in [-0.15, -0.1) is 53.6 Å². The molecule has 0 N–H and O–H groups in total. The van der Waals surface area contributed by atoms with Crippen LogP contribution >= 0.6 is 0 Å². The van der Waals surface area contributed by atoms with Crippen molar-refractivity contribution >= 4 is 44.6 Å². The van der Waals surface area contributed by atoms with Crippen LogP contribution in [0.2, 0.25) is 0 Å². The van der Waals surface area contributed by atoms with E-state index in [0.29, 0.717) is 17.1 Å². The molecule has 0 fully saturated rings. The van der Waals surface area contributed by atoms with Gasteiger partial charge in [0.15, 0.2) is 0 Å². The summed E-state index contributed by atoms with van der Waals surface area (Å²) in [4.78, 5) is 9.29. The van der Waals surface area contributed by atoms with Crippen LogP contribution in [0.5, 0.6) is 11.5 Å². The number of aryl methyl sites for hydroxylation is 3. The van der Waals surface area contributed by atoms with Crippen LogP contribution < -0.4 is 14.5 Å². The molecule has 7 aromatic carbocycles. The van der Waals surface area contributed by atoms with Crippen LogP contribution in [0.3, 0.4) is 0 Å². The van der Waals surface area contributed by atoms with Crippen molar-refractivity contribution in [3.63, 3.8) is 0 Å². The van der Waals surface area contributed by atoms with Gasteiger partial charge in [-0.3, -0.25) is 0 Å². The van der Waals surface area contributed by atoms with Crippen molar-refractivity contribution in [2.75, 3.05) is 9.80 Å². The van der Waals surface area contributed by atoms with E-state index in [1.807, 2.05) is 24.4 Å². The van der Waals surface area contributed by atoms with E-state index in [1.54, 1.807) is 0 Å². The fourth-order valence-corrected chi connectivity index (χ4v) is 10.0. The van der Waals surface area contributed by atoms with Gasteiger partial charge in [-0.2, -0.15) is 6.07 Å². The third-order valence-corrected chi connectivity index (χ3v) is 13.3. The first kappa shape index (κ1) is 47.5. The largest absolute Gasteiger partial charge is 0.509 e. The summed E-state index contributed by atoms with van der Waals surface area (Å²) >= 11 is 0. The van der Waals surface area contributed by atoms with Gasteiger partial charge in [-0.1, -0.05) is 115 Å². The Morgan fingerprint density at radius 3 is 1.93 bits per heavy atom. The van der Waals surface area contributed by atoms with Crippen molar-refractivity contribution in [3.05, 3.63) is 198 Å². The van der Waals surface area contributed by atoms with Crippen LogP contribution in [0.1, 0.15) is 94.5 Å². The molecule has 10 rings (SSSR count). The number of rotatable bonds is 13. The number of hydrogen-bond donors (Lipinski definition) is 0. The van der Waals surface area contributed by atoms with Crippen molar-refractivity contribution < 1.29 is 34.6 Å². The summed E-state index contributed by atoms with van der Waals surface area (Å²) in [6, 6.07) is 51.5. The number of pyridine rings is 1. The van der Waals surface area contributed by atoms with E-state index in [0.717, 1.165) is 92.7 Å². The van der Waals surface area contributed by atoms with E-state index in [2.05, 4.69) is 179 Å². The van der Waals surface area contributed by atoms with Gasteiger partial charge in [-0.05, 0) is 130 Å². The Labute approximate surface area is 419 Å². The predicted octanol–water partition coefficient (Wildman–Crippen LogP) is 16.9. The van der Waals surface area contributed by atoms with Crippen molar-refractivity contribution in [3.8, 4) is 39.6 Å². The Bertz CT molecular complexity index is 3290. The molecule has 0 aliphatic carbocycles. The zero-order chi connectivity index (χ0) is 47.2. The average molecular weight is 1090 g/mol. The Hall–Kier alpha value is -6.56. The zero-order valence-corrected chi connectivity index (χ0v) is 42.4. The summed E-state index contributed by atoms with van der Waals surface area (Å²) < 4.78 is 40.0. The van der Waals surface area contributed by atoms with Crippen molar-refractivity contribution in [2.24, 2.45) is 0 Å². The second kappa shape index (κ2) is 19.8. The minimum absolute atomic E-state index is 0. The first-order valence-electron chi connectivity index (χ1n) is 24.0. The van der Waals surface area contributed by atoms with Crippen LogP contribution in [-0.2, 0) is 40.3 Å². The van der Waals surface area contributed by atoms with Crippen molar-refractivity contribution in [2.45, 2.75) is 86.0 Å². The summed E-state index contributed by atoms with van der Waals surface area (Å²) in [5.41, 5.74) is 14.2. The minimum Gasteiger partial charge on any atom is -0.509 e. The molecule has 0 unspecified atom stereocenters. The Morgan fingerprint density at radius 2 is 1.26 bits per heavy atom. The molecule has 0 spiro atoms. The Morgan fingerprint density at radius 1 is 0.623 bits per heavy atom. The number of halogens is 2. The molecule has 0 bridgehead atoms. The molecular formula is C61H55F2N4OPt-3. The first-order chi connectivity index (χ1) is 33.1. The number of nitrogens with zero attached hydrogens (tertiary/aromatic N) is 4. The third-order valence-electron chi connectivity index (χ3n) is 13.3. The number of para-hydroxylation sites is 3. The van der Waals surface area contributed by atoms with Gasteiger partial charge in [0, 0.05) is 61.3 Å². The van der Waals surface area contributed by atoms with Crippen LogP contribution in [0, 0.1) is 30.4 Å². The Kier molecular flexibility index (Phi) is 13.6. The minimum atomic E-state index is -0.579. The van der Waals surface area contributed by atoms with Gasteiger partial charge >= 0.3 is 0 Å². The SMILES string of the molecule is CCCc1ccnc(-n2c3[c-]c(Oc4[c-]c(N5[CH-]N(c6c(C(C)C)cc(-c7c(F)cccc7F)cc6C(C)C)c6ccccc65)cc(-c5c(CC)cccc5CC)c4)ccc3c3ccccc32)c1.[Pt]. The van der Waals surface area contributed by atoms with E-state index in [-0.39, 0.29) is 38.5 Å². The monoisotopic (exact) mass is 1090 g/mol. The summed E-state index contributed by atoms with van der Waals surface area (Å²) in [5.74, 6) is 0.865. The predicted molar refractivity (Wildman–Crippen MR) is 276 cm³/mol. The van der Waals surface area contributed by atoms with E-state index >= 15 is 8.78 Å². The maximum atomic E-state index is 15.4. The number of aromatic nitrogens is 2. The van der Waals surface area contributed by atoms with Gasteiger partial charge in [0.2, 0.25) is 0 Å². The molecule has 9 aromatic rings. The molecule has 0 saturated carbocycles.